The van der Waals surface area contributed by atoms with E-state index in [9.17, 15) is 4.79 Å². The molecule has 1 aliphatic rings. The highest BCUT2D eigenvalue weighted by atomic mass is 35.5. The Balaban J connectivity index is 0.00000169. The fraction of sp³-hybridized carbons (Fsp3) is 0. The Morgan fingerprint density at radius 1 is 1.00 bits per heavy atom. The summed E-state index contributed by atoms with van der Waals surface area (Å²) in [7, 11) is 0. The van der Waals surface area contributed by atoms with Gasteiger partial charge >= 0.3 is 0 Å². The van der Waals surface area contributed by atoms with E-state index >= 15 is 0 Å². The first kappa shape index (κ1) is 15.9. The van der Waals surface area contributed by atoms with Gasteiger partial charge in [0.1, 0.15) is 0 Å². The van der Waals surface area contributed by atoms with Crippen LogP contribution >= 0.6 is 12.4 Å². The molecule has 2 heterocycles. The van der Waals surface area contributed by atoms with Crippen molar-refractivity contribution in [3.63, 3.8) is 0 Å². The van der Waals surface area contributed by atoms with Gasteiger partial charge < -0.3 is 16.0 Å². The van der Waals surface area contributed by atoms with Gasteiger partial charge in [0.25, 0.3) is 5.91 Å². The quantitative estimate of drug-likeness (QED) is 0.485. The predicted molar refractivity (Wildman–Crippen MR) is 101 cm³/mol. The van der Waals surface area contributed by atoms with Gasteiger partial charge in [-0.05, 0) is 47.5 Å². The van der Waals surface area contributed by atoms with E-state index in [0.717, 1.165) is 28.1 Å². The van der Waals surface area contributed by atoms with Crippen LogP contribution in [0.15, 0.2) is 60.8 Å². The smallest absolute Gasteiger partial charge is 0.256 e. The second-order valence-electron chi connectivity index (χ2n) is 5.49. The minimum atomic E-state index is -0.0917. The molecule has 5 heteroatoms. The zero-order valence-corrected chi connectivity index (χ0v) is 13.6. The normalized spacial score (nSPS) is 14.2. The molecule has 0 radical (unpaired) electrons. The topological polar surface area (TPSA) is 70.9 Å². The first-order valence-corrected chi connectivity index (χ1v) is 7.38. The Bertz CT molecular complexity index is 930. The first-order valence-electron chi connectivity index (χ1n) is 7.38. The standard InChI is InChI=1S/C19H15N3O.ClH/c20-13-5-1-4-12(10-13)15-7-2-8-17-18(15)16(19(23)22-17)11-14-6-3-9-21-14;/h1-11,21H,20H2,(H,22,23);1H/b16-11-;. The number of nitrogens with two attached hydrogens (primary N) is 1. The maximum atomic E-state index is 12.4. The van der Waals surface area contributed by atoms with Gasteiger partial charge in [-0.2, -0.15) is 0 Å². The fourth-order valence-electron chi connectivity index (χ4n) is 2.92. The molecule has 120 valence electrons. The van der Waals surface area contributed by atoms with Crippen LogP contribution in [0.25, 0.3) is 22.8 Å². The van der Waals surface area contributed by atoms with E-state index in [2.05, 4.69) is 10.3 Å². The van der Waals surface area contributed by atoms with Gasteiger partial charge in [0.2, 0.25) is 0 Å². The van der Waals surface area contributed by atoms with Gasteiger partial charge in [-0.1, -0.05) is 24.3 Å². The zero-order chi connectivity index (χ0) is 15.8. The fourth-order valence-corrected chi connectivity index (χ4v) is 2.92. The molecule has 1 amide bonds. The number of amides is 1. The summed E-state index contributed by atoms with van der Waals surface area (Å²) >= 11 is 0. The highest BCUT2D eigenvalue weighted by Crippen LogP contribution is 2.40. The second-order valence-corrected chi connectivity index (χ2v) is 5.49. The number of carbonyl (C=O) groups is 1. The molecule has 0 atom stereocenters. The molecule has 3 aromatic rings. The lowest BCUT2D eigenvalue weighted by Gasteiger charge is -2.09. The summed E-state index contributed by atoms with van der Waals surface area (Å²) in [5.74, 6) is -0.0917. The van der Waals surface area contributed by atoms with Gasteiger partial charge in [-0.3, -0.25) is 4.79 Å². The number of fused-ring (bicyclic) bond motifs is 1. The first-order chi connectivity index (χ1) is 11.2. The number of hydrogen-bond donors (Lipinski definition) is 3. The summed E-state index contributed by atoms with van der Waals surface area (Å²) in [4.78, 5) is 15.5. The third-order valence-electron chi connectivity index (χ3n) is 3.95. The number of rotatable bonds is 2. The zero-order valence-electron chi connectivity index (χ0n) is 12.7. The molecule has 4 rings (SSSR count). The van der Waals surface area contributed by atoms with E-state index in [1.807, 2.05) is 66.9 Å². The van der Waals surface area contributed by atoms with Crippen molar-refractivity contribution in [1.29, 1.82) is 0 Å². The highest BCUT2D eigenvalue weighted by Gasteiger charge is 2.27. The van der Waals surface area contributed by atoms with Crippen LogP contribution in [-0.4, -0.2) is 10.9 Å². The summed E-state index contributed by atoms with van der Waals surface area (Å²) in [6.45, 7) is 0. The molecule has 1 aromatic heterocycles. The van der Waals surface area contributed by atoms with Crippen molar-refractivity contribution in [2.24, 2.45) is 0 Å². The minimum Gasteiger partial charge on any atom is -0.399 e. The number of aromatic nitrogens is 1. The molecular weight excluding hydrogens is 322 g/mol. The Morgan fingerprint density at radius 3 is 2.58 bits per heavy atom. The van der Waals surface area contributed by atoms with Gasteiger partial charge in [-0.25, -0.2) is 0 Å². The lowest BCUT2D eigenvalue weighted by molar-refractivity contribution is -0.110. The van der Waals surface area contributed by atoms with Crippen molar-refractivity contribution in [1.82, 2.24) is 4.98 Å². The van der Waals surface area contributed by atoms with Gasteiger partial charge in [0, 0.05) is 28.8 Å². The van der Waals surface area contributed by atoms with E-state index in [0.29, 0.717) is 11.3 Å². The average Bonchev–Trinajstić information content (AvgIpc) is 3.16. The monoisotopic (exact) mass is 337 g/mol. The third-order valence-corrected chi connectivity index (χ3v) is 3.95. The number of halogens is 1. The molecular formula is C19H16ClN3O. The van der Waals surface area contributed by atoms with Crippen LogP contribution in [0.4, 0.5) is 11.4 Å². The van der Waals surface area contributed by atoms with Crippen LogP contribution in [0.5, 0.6) is 0 Å². The van der Waals surface area contributed by atoms with Crippen molar-refractivity contribution in [3.05, 3.63) is 72.1 Å². The average molecular weight is 338 g/mol. The number of nitrogen functional groups attached to an aromatic ring is 1. The maximum Gasteiger partial charge on any atom is 0.256 e. The lowest BCUT2D eigenvalue weighted by Crippen LogP contribution is -2.03. The molecule has 4 N–H and O–H groups in total. The van der Waals surface area contributed by atoms with E-state index in [1.165, 1.54) is 0 Å². The number of hydrogen-bond acceptors (Lipinski definition) is 2. The van der Waals surface area contributed by atoms with Crippen molar-refractivity contribution >= 4 is 41.3 Å². The highest BCUT2D eigenvalue weighted by molar-refractivity contribution is 6.36. The molecule has 0 bridgehead atoms. The summed E-state index contributed by atoms with van der Waals surface area (Å²) in [6, 6.07) is 17.4. The van der Waals surface area contributed by atoms with E-state index < -0.39 is 0 Å². The molecule has 4 nitrogen and oxygen atoms in total. The van der Waals surface area contributed by atoms with Crippen LogP contribution in [0, 0.1) is 0 Å². The third kappa shape index (κ3) is 2.68. The molecule has 0 aliphatic carbocycles. The maximum absolute atomic E-state index is 12.4. The number of nitrogens with one attached hydrogen (secondary N) is 2. The lowest BCUT2D eigenvalue weighted by atomic mass is 9.94. The molecule has 0 fully saturated rings. The van der Waals surface area contributed by atoms with Crippen molar-refractivity contribution in [2.45, 2.75) is 0 Å². The molecule has 0 saturated carbocycles. The summed E-state index contributed by atoms with van der Waals surface area (Å²) in [5, 5.41) is 2.93. The molecule has 0 unspecified atom stereocenters. The van der Waals surface area contributed by atoms with Crippen molar-refractivity contribution in [2.75, 3.05) is 11.1 Å². The number of carbonyl (C=O) groups excluding carboxylic acids is 1. The molecule has 0 spiro atoms. The Kier molecular flexibility index (Phi) is 4.15. The Hall–Kier alpha value is -2.98. The largest absolute Gasteiger partial charge is 0.399 e. The molecule has 0 saturated heterocycles. The van der Waals surface area contributed by atoms with Crippen LogP contribution in [0.2, 0.25) is 0 Å². The van der Waals surface area contributed by atoms with E-state index in [4.69, 9.17) is 5.73 Å². The van der Waals surface area contributed by atoms with Crippen molar-refractivity contribution < 1.29 is 4.79 Å². The van der Waals surface area contributed by atoms with Crippen LogP contribution < -0.4 is 11.1 Å². The Labute approximate surface area is 145 Å². The van der Waals surface area contributed by atoms with Crippen LogP contribution in [0.3, 0.4) is 0 Å². The SMILES string of the molecule is Cl.Nc1cccc(-c2cccc3c2/C(=C/c2ccc[nH]2)C(=O)N3)c1. The molecule has 1 aliphatic heterocycles. The summed E-state index contributed by atoms with van der Waals surface area (Å²) in [5.41, 5.74) is 11.9. The minimum absolute atomic E-state index is 0. The van der Waals surface area contributed by atoms with Crippen LogP contribution in [0.1, 0.15) is 11.3 Å². The van der Waals surface area contributed by atoms with Crippen molar-refractivity contribution in [3.8, 4) is 11.1 Å². The van der Waals surface area contributed by atoms with Gasteiger partial charge in [-0.15, -0.1) is 12.4 Å². The van der Waals surface area contributed by atoms with Crippen LogP contribution in [-0.2, 0) is 4.79 Å². The summed E-state index contributed by atoms with van der Waals surface area (Å²) in [6.07, 6.45) is 3.71. The summed E-state index contributed by atoms with van der Waals surface area (Å²) < 4.78 is 0. The van der Waals surface area contributed by atoms with Gasteiger partial charge in [0.15, 0.2) is 0 Å². The molecule has 2 aromatic carbocycles. The number of aromatic amines is 1. The predicted octanol–water partition coefficient (Wildman–Crippen LogP) is 4.18. The van der Waals surface area contributed by atoms with E-state index in [1.54, 1.807) is 0 Å². The Morgan fingerprint density at radius 2 is 1.83 bits per heavy atom. The molecule has 24 heavy (non-hydrogen) atoms. The van der Waals surface area contributed by atoms with E-state index in [-0.39, 0.29) is 18.3 Å². The second kappa shape index (κ2) is 6.26. The number of H-pyrrole nitrogens is 1. The van der Waals surface area contributed by atoms with Gasteiger partial charge in [0.05, 0.1) is 5.57 Å². The number of anilines is 2. The number of benzene rings is 2.